The molecule has 1 aliphatic rings. The second-order valence-corrected chi connectivity index (χ2v) is 5.81. The molecule has 1 amide bonds. The van der Waals surface area contributed by atoms with Gasteiger partial charge in [0.05, 0.1) is 6.42 Å². The normalized spacial score (nSPS) is 17.6. The Labute approximate surface area is 142 Å². The Hall–Kier alpha value is -1.80. The summed E-state index contributed by atoms with van der Waals surface area (Å²) < 4.78 is 72.1. The van der Waals surface area contributed by atoms with E-state index in [1.165, 1.54) is 11.0 Å². The number of hydrogen-bond donors (Lipinski definition) is 0. The molecule has 3 nitrogen and oxygen atoms in total. The number of carbonyl (C=O) groups excluding carboxylic acids is 1. The van der Waals surface area contributed by atoms with E-state index in [4.69, 9.17) is 0 Å². The molecule has 0 N–H and O–H groups in total. The lowest BCUT2D eigenvalue weighted by molar-refractivity contribution is -0.149. The van der Waals surface area contributed by atoms with E-state index in [9.17, 15) is 31.1 Å². The van der Waals surface area contributed by atoms with Crippen LogP contribution < -0.4 is 0 Å². The fourth-order valence-electron chi connectivity index (χ4n) is 2.43. The molecule has 1 heterocycles. The maximum absolute atomic E-state index is 12.1. The van der Waals surface area contributed by atoms with Crippen molar-refractivity contribution in [2.24, 2.45) is 10.9 Å². The molecule has 0 bridgehead atoms. The number of allylic oxidation sites excluding steroid dienone is 3. The van der Waals surface area contributed by atoms with Gasteiger partial charge in [-0.1, -0.05) is 18.2 Å². The second-order valence-electron chi connectivity index (χ2n) is 5.81. The fourth-order valence-corrected chi connectivity index (χ4v) is 2.43. The van der Waals surface area contributed by atoms with Crippen molar-refractivity contribution in [1.29, 1.82) is 0 Å². The Balaban J connectivity index is 2.35. The van der Waals surface area contributed by atoms with Crippen molar-refractivity contribution in [3.63, 3.8) is 0 Å². The Bertz CT molecular complexity index is 514. The molecule has 1 saturated heterocycles. The van der Waals surface area contributed by atoms with Crippen molar-refractivity contribution in [1.82, 2.24) is 4.90 Å². The summed E-state index contributed by atoms with van der Waals surface area (Å²) >= 11 is 0. The van der Waals surface area contributed by atoms with Gasteiger partial charge in [0, 0.05) is 25.7 Å². The predicted molar refractivity (Wildman–Crippen MR) is 82.3 cm³/mol. The van der Waals surface area contributed by atoms with Crippen LogP contribution in [0.1, 0.15) is 25.7 Å². The summed E-state index contributed by atoms with van der Waals surface area (Å²) in [6.07, 6.45) is -5.27. The topological polar surface area (TPSA) is 32.7 Å². The number of rotatable bonds is 6. The van der Waals surface area contributed by atoms with E-state index in [2.05, 4.69) is 11.6 Å². The highest BCUT2D eigenvalue weighted by molar-refractivity contribution is 5.76. The predicted octanol–water partition coefficient (Wildman–Crippen LogP) is 4.31. The first-order chi connectivity index (χ1) is 11.5. The van der Waals surface area contributed by atoms with Crippen LogP contribution >= 0.6 is 0 Å². The summed E-state index contributed by atoms with van der Waals surface area (Å²) in [5.41, 5.74) is 0.695. The molecule has 0 atom stereocenters. The maximum Gasteiger partial charge on any atom is 0.407 e. The molecular weight excluding hydrogens is 350 g/mol. The van der Waals surface area contributed by atoms with Crippen LogP contribution in [0.3, 0.4) is 0 Å². The van der Waals surface area contributed by atoms with Gasteiger partial charge in [0.25, 0.3) is 0 Å². The average molecular weight is 370 g/mol. The number of alkyl halides is 6. The molecule has 0 aliphatic carbocycles. The van der Waals surface area contributed by atoms with Gasteiger partial charge < -0.3 is 4.90 Å². The van der Waals surface area contributed by atoms with E-state index in [1.807, 2.05) is 0 Å². The minimum absolute atomic E-state index is 0.0407. The summed E-state index contributed by atoms with van der Waals surface area (Å²) in [5, 5.41) is 0. The lowest BCUT2D eigenvalue weighted by Gasteiger charge is -2.32. The average Bonchev–Trinajstić information content (AvgIpc) is 2.50. The largest absolute Gasteiger partial charge is 0.407 e. The van der Waals surface area contributed by atoms with E-state index in [1.54, 1.807) is 6.08 Å². The number of amides is 1. The fraction of sp³-hybridized carbons (Fsp3) is 0.625. The first kappa shape index (κ1) is 21.2. The summed E-state index contributed by atoms with van der Waals surface area (Å²) in [7, 11) is 0. The first-order valence-corrected chi connectivity index (χ1v) is 7.74. The number of piperidine rings is 1. The minimum Gasteiger partial charge on any atom is -0.343 e. The van der Waals surface area contributed by atoms with Gasteiger partial charge in [-0.3, -0.25) is 9.79 Å². The maximum atomic E-state index is 12.1. The van der Waals surface area contributed by atoms with Crippen LogP contribution in [0.15, 0.2) is 29.3 Å². The van der Waals surface area contributed by atoms with Crippen molar-refractivity contribution in [2.45, 2.75) is 38.0 Å². The molecule has 1 aliphatic heterocycles. The van der Waals surface area contributed by atoms with E-state index >= 15 is 0 Å². The van der Waals surface area contributed by atoms with Gasteiger partial charge in [0.1, 0.15) is 6.54 Å². The van der Waals surface area contributed by atoms with Crippen molar-refractivity contribution in [2.75, 3.05) is 19.6 Å². The van der Waals surface area contributed by atoms with E-state index < -0.39 is 37.6 Å². The van der Waals surface area contributed by atoms with E-state index in [0.29, 0.717) is 31.5 Å². The third-order valence-corrected chi connectivity index (χ3v) is 3.77. The Kier molecular flexibility index (Phi) is 7.69. The van der Waals surface area contributed by atoms with Gasteiger partial charge in [-0.25, -0.2) is 0 Å². The van der Waals surface area contributed by atoms with Crippen LogP contribution in [0.25, 0.3) is 0 Å². The van der Waals surface area contributed by atoms with Gasteiger partial charge in [-0.15, -0.1) is 0 Å². The molecule has 0 aromatic rings. The summed E-state index contributed by atoms with van der Waals surface area (Å²) in [6.45, 7) is 3.28. The molecule has 142 valence electrons. The number of likely N-dealkylation sites (tertiary alicyclic amines) is 1. The third kappa shape index (κ3) is 9.31. The first-order valence-electron chi connectivity index (χ1n) is 7.74. The Morgan fingerprint density at radius 3 is 2.24 bits per heavy atom. The molecular formula is C16H20F6N2O. The SMILES string of the molecule is C=C(/C=C\C=NCC(F)(F)F)C1CCN(C(=O)CCC(F)(F)F)CC1. The highest BCUT2D eigenvalue weighted by Crippen LogP contribution is 2.26. The van der Waals surface area contributed by atoms with Crippen LogP contribution in [-0.4, -0.2) is 49.0 Å². The molecule has 0 unspecified atom stereocenters. The monoisotopic (exact) mass is 370 g/mol. The zero-order valence-corrected chi connectivity index (χ0v) is 13.5. The molecule has 1 fully saturated rings. The lowest BCUT2D eigenvalue weighted by Crippen LogP contribution is -2.39. The number of nitrogens with zero attached hydrogens (tertiary/aromatic N) is 2. The standard InChI is InChI=1S/C16H20F6N2O/c1-12(3-2-8-23-11-16(20,21)22)13-5-9-24(10-6-13)14(25)4-7-15(17,18)19/h2-3,8,13H,1,4-7,9-11H2/b3-2-,23-8?. The number of halogens is 6. The lowest BCUT2D eigenvalue weighted by atomic mass is 9.89. The van der Waals surface area contributed by atoms with Crippen LogP contribution in [0.5, 0.6) is 0 Å². The molecule has 0 spiro atoms. The van der Waals surface area contributed by atoms with Crippen LogP contribution in [0.2, 0.25) is 0 Å². The van der Waals surface area contributed by atoms with Gasteiger partial charge in [0.15, 0.2) is 0 Å². The highest BCUT2D eigenvalue weighted by atomic mass is 19.4. The van der Waals surface area contributed by atoms with E-state index in [-0.39, 0.29) is 5.92 Å². The highest BCUT2D eigenvalue weighted by Gasteiger charge is 2.30. The molecule has 0 saturated carbocycles. The smallest absolute Gasteiger partial charge is 0.343 e. The van der Waals surface area contributed by atoms with Gasteiger partial charge in [0.2, 0.25) is 5.91 Å². The van der Waals surface area contributed by atoms with Crippen molar-refractivity contribution < 1.29 is 31.1 Å². The molecule has 0 aromatic heterocycles. The van der Waals surface area contributed by atoms with Crippen LogP contribution in [0.4, 0.5) is 26.3 Å². The van der Waals surface area contributed by atoms with Crippen molar-refractivity contribution in [3.8, 4) is 0 Å². The van der Waals surface area contributed by atoms with Crippen molar-refractivity contribution >= 4 is 12.1 Å². The minimum atomic E-state index is -4.35. The quantitative estimate of drug-likeness (QED) is 0.390. The van der Waals surface area contributed by atoms with Crippen molar-refractivity contribution in [3.05, 3.63) is 24.3 Å². The summed E-state index contributed by atoms with van der Waals surface area (Å²) in [4.78, 5) is 16.3. The van der Waals surface area contributed by atoms with Crippen LogP contribution in [0, 0.1) is 5.92 Å². The molecule has 1 rings (SSSR count). The molecule has 25 heavy (non-hydrogen) atoms. The number of carbonyl (C=O) groups is 1. The molecule has 0 aromatic carbocycles. The number of aliphatic imine (C=N–C) groups is 1. The second kappa shape index (κ2) is 9.05. The van der Waals surface area contributed by atoms with Gasteiger partial charge >= 0.3 is 12.4 Å². The Morgan fingerprint density at radius 2 is 1.72 bits per heavy atom. The van der Waals surface area contributed by atoms with Crippen LogP contribution in [-0.2, 0) is 4.79 Å². The molecule has 9 heteroatoms. The van der Waals surface area contributed by atoms with E-state index in [0.717, 1.165) is 6.21 Å². The Morgan fingerprint density at radius 1 is 1.12 bits per heavy atom. The summed E-state index contributed by atoms with van der Waals surface area (Å²) in [5.74, 6) is -0.477. The van der Waals surface area contributed by atoms with Gasteiger partial charge in [-0.05, 0) is 24.8 Å². The zero-order valence-electron chi connectivity index (χ0n) is 13.5. The third-order valence-electron chi connectivity index (χ3n) is 3.77. The van der Waals surface area contributed by atoms with Gasteiger partial charge in [-0.2, -0.15) is 26.3 Å². The number of hydrogen-bond acceptors (Lipinski definition) is 2. The summed E-state index contributed by atoms with van der Waals surface area (Å²) in [6, 6.07) is 0. The zero-order chi connectivity index (χ0) is 19.1. The molecule has 0 radical (unpaired) electrons.